The molecule has 1 rings (SSSR count). The molecule has 0 heterocycles. The van der Waals surface area contributed by atoms with Gasteiger partial charge in [-0.1, -0.05) is 0 Å². The fourth-order valence-electron chi connectivity index (χ4n) is 0.529. The van der Waals surface area contributed by atoms with Gasteiger partial charge in [-0.15, -0.1) is 5.73 Å². The third-order valence-electron chi connectivity index (χ3n) is 0.965. The van der Waals surface area contributed by atoms with Crippen molar-refractivity contribution in [3.05, 3.63) is 36.0 Å². The molecule has 0 fully saturated rings. The Morgan fingerprint density at radius 1 is 1.60 bits per heavy atom. The number of carboxylic acid groups (broad SMARTS) is 1. The fraction of sp³-hybridized carbons (Fsp3) is 0. The molecule has 0 atom stereocenters. The van der Waals surface area contributed by atoms with Crippen LogP contribution < -0.4 is 0 Å². The molecule has 0 saturated heterocycles. The third kappa shape index (κ3) is 2.50. The van der Waals surface area contributed by atoms with Crippen LogP contribution in [0.15, 0.2) is 29.5 Å². The molecule has 2 nitrogen and oxygen atoms in total. The first-order chi connectivity index (χ1) is 4.30. The van der Waals surface area contributed by atoms with Crippen LogP contribution in [0.3, 0.4) is 0 Å². The summed E-state index contributed by atoms with van der Waals surface area (Å²) in [5.41, 5.74) is 3.02. The van der Waals surface area contributed by atoms with E-state index < -0.39 is 5.97 Å². The van der Waals surface area contributed by atoms with Crippen LogP contribution in [-0.4, -0.2) is 11.1 Å². The first-order valence-electron chi connectivity index (χ1n) is 2.50. The Balaban J connectivity index is -0.000000270. The van der Waals surface area contributed by atoms with E-state index >= 15 is 0 Å². The number of hydrogen-bond acceptors (Lipinski definition) is 1. The van der Waals surface area contributed by atoms with Crippen LogP contribution in [0, 0.1) is 6.42 Å². The Kier molecular flexibility index (Phi) is 4.33. The Morgan fingerprint density at radius 3 is 2.60 bits per heavy atom. The van der Waals surface area contributed by atoms with E-state index in [-0.39, 0.29) is 30.5 Å². The smallest absolute Gasteiger partial charge is 0.478 e. The summed E-state index contributed by atoms with van der Waals surface area (Å²) in [4.78, 5) is 10.2. The van der Waals surface area contributed by atoms with E-state index in [2.05, 4.69) is 5.73 Å². The molecule has 0 aliphatic heterocycles. The van der Waals surface area contributed by atoms with Crippen LogP contribution in [0.1, 0.15) is 2.85 Å². The van der Waals surface area contributed by atoms with E-state index in [1.807, 2.05) is 0 Å². The molecular formula is C7H9HgO2+. The minimum Gasteiger partial charge on any atom is -0.478 e. The monoisotopic (exact) mass is 327 g/mol. The van der Waals surface area contributed by atoms with Gasteiger partial charge in [0, 0.05) is 14.8 Å². The van der Waals surface area contributed by atoms with E-state index in [0.29, 0.717) is 5.57 Å². The Morgan fingerprint density at radius 2 is 2.30 bits per heavy atom. The molecule has 1 aliphatic carbocycles. The molecule has 3 heteroatoms. The Bertz CT molecular complexity index is 230. The molecule has 0 aromatic carbocycles. The summed E-state index contributed by atoms with van der Waals surface area (Å²) in [5.74, 6) is -0.899. The average molecular weight is 326 g/mol. The van der Waals surface area contributed by atoms with Crippen molar-refractivity contribution in [1.82, 2.24) is 0 Å². The molecule has 1 N–H and O–H groups in total. The third-order valence-corrected chi connectivity index (χ3v) is 0.965. The largest absolute Gasteiger partial charge is 1.00 e. The van der Waals surface area contributed by atoms with E-state index in [4.69, 9.17) is 5.11 Å². The summed E-state index contributed by atoms with van der Waals surface area (Å²) < 4.78 is 0. The maximum atomic E-state index is 10.2. The van der Waals surface area contributed by atoms with Crippen LogP contribution in [-0.2, 0) is 32.5 Å². The summed E-state index contributed by atoms with van der Waals surface area (Å²) in [6.45, 7) is 0. The SMILES string of the molecule is O=C(O)C1=CC=C=C[CH]1.[HH].[HH].[Hg+]. The molecule has 0 aromatic rings. The van der Waals surface area contributed by atoms with Crippen LogP contribution in [0.5, 0.6) is 0 Å². The minimum atomic E-state index is -0.899. The van der Waals surface area contributed by atoms with Gasteiger partial charge in [0.15, 0.2) is 0 Å². The van der Waals surface area contributed by atoms with Crippen molar-refractivity contribution in [3.63, 3.8) is 0 Å². The van der Waals surface area contributed by atoms with Gasteiger partial charge in [-0.25, -0.2) is 4.79 Å². The second-order valence-corrected chi connectivity index (χ2v) is 1.59. The van der Waals surface area contributed by atoms with Crippen molar-refractivity contribution < 1.29 is 40.4 Å². The predicted molar refractivity (Wildman–Crippen MR) is 36.9 cm³/mol. The maximum absolute atomic E-state index is 10.2. The van der Waals surface area contributed by atoms with Crippen molar-refractivity contribution in [3.8, 4) is 0 Å². The maximum Gasteiger partial charge on any atom is 1.00 e. The topological polar surface area (TPSA) is 37.3 Å². The Labute approximate surface area is 82.4 Å². The normalized spacial score (nSPS) is 13.8. The predicted octanol–water partition coefficient (Wildman–Crippen LogP) is 1.42. The summed E-state index contributed by atoms with van der Waals surface area (Å²) in [6, 6.07) is 0. The molecule has 10 heavy (non-hydrogen) atoms. The Hall–Kier alpha value is -0.335. The molecule has 0 amide bonds. The number of carboxylic acids is 1. The molecular weight excluding hydrogens is 317 g/mol. The zero-order valence-electron chi connectivity index (χ0n) is 5.37. The fourth-order valence-corrected chi connectivity index (χ4v) is 0.529. The van der Waals surface area contributed by atoms with E-state index in [9.17, 15) is 4.79 Å². The summed E-state index contributed by atoms with van der Waals surface area (Å²) in [5, 5.41) is 8.37. The molecule has 0 spiro atoms. The van der Waals surface area contributed by atoms with Crippen LogP contribution in [0.25, 0.3) is 0 Å². The standard InChI is InChI=1S/C7H5O2.Hg.2H2/c8-7(9)6-4-2-1-3-5-6;;;/h2-5H,(H,8,9);;2*1H/q;+1;;. The average Bonchev–Trinajstić information content (AvgIpc) is 1.90. The second-order valence-electron chi connectivity index (χ2n) is 1.59. The van der Waals surface area contributed by atoms with Gasteiger partial charge in [0.2, 0.25) is 0 Å². The van der Waals surface area contributed by atoms with Crippen molar-refractivity contribution in [2.75, 3.05) is 0 Å². The van der Waals surface area contributed by atoms with Crippen molar-refractivity contribution in [1.29, 1.82) is 0 Å². The summed E-state index contributed by atoms with van der Waals surface area (Å²) in [6.07, 6.45) is 6.15. The van der Waals surface area contributed by atoms with Crippen LogP contribution in [0.2, 0.25) is 0 Å². The van der Waals surface area contributed by atoms with Gasteiger partial charge >= 0.3 is 33.6 Å². The van der Waals surface area contributed by atoms with Gasteiger partial charge in [0.1, 0.15) is 0 Å². The van der Waals surface area contributed by atoms with Gasteiger partial charge in [0.25, 0.3) is 0 Å². The van der Waals surface area contributed by atoms with Crippen LogP contribution >= 0.6 is 0 Å². The van der Waals surface area contributed by atoms with Gasteiger partial charge < -0.3 is 5.11 Å². The number of aliphatic carboxylic acids is 1. The zero-order valence-corrected chi connectivity index (χ0v) is 10.9. The van der Waals surface area contributed by atoms with Gasteiger partial charge in [-0.2, -0.15) is 0 Å². The minimum absolute atomic E-state index is 0. The molecule has 2 radical (unpaired) electrons. The number of rotatable bonds is 1. The number of allylic oxidation sites excluding steroid dienone is 2. The van der Waals surface area contributed by atoms with Crippen LogP contribution in [0.4, 0.5) is 0 Å². The number of carbonyl (C=O) groups is 1. The van der Waals surface area contributed by atoms with E-state index in [1.54, 1.807) is 12.2 Å². The number of hydrogen-bond donors (Lipinski definition) is 1. The molecule has 50 valence electrons. The first kappa shape index (κ1) is 9.67. The molecule has 0 aromatic heterocycles. The van der Waals surface area contributed by atoms with Gasteiger partial charge in [0.05, 0.1) is 0 Å². The van der Waals surface area contributed by atoms with E-state index in [0.717, 1.165) is 0 Å². The van der Waals surface area contributed by atoms with Gasteiger partial charge in [-0.3, -0.25) is 0 Å². The van der Waals surface area contributed by atoms with Crippen molar-refractivity contribution in [2.45, 2.75) is 0 Å². The molecule has 0 saturated carbocycles. The van der Waals surface area contributed by atoms with Gasteiger partial charge in [-0.05, 0) is 18.2 Å². The van der Waals surface area contributed by atoms with Crippen molar-refractivity contribution in [2.24, 2.45) is 0 Å². The van der Waals surface area contributed by atoms with Crippen molar-refractivity contribution >= 4 is 5.97 Å². The summed E-state index contributed by atoms with van der Waals surface area (Å²) in [7, 11) is 0. The zero-order chi connectivity index (χ0) is 6.69. The molecule has 0 bridgehead atoms. The second kappa shape index (κ2) is 4.48. The first-order valence-corrected chi connectivity index (χ1v) is 2.50. The molecule has 1 aliphatic rings. The quantitative estimate of drug-likeness (QED) is 0.585. The molecule has 0 unspecified atom stereocenters. The van der Waals surface area contributed by atoms with E-state index in [1.165, 1.54) is 12.5 Å². The summed E-state index contributed by atoms with van der Waals surface area (Å²) >= 11 is 0.